The molecule has 1 radical (unpaired) electrons. The number of hydrogen-bond donors (Lipinski definition) is 0. The second kappa shape index (κ2) is 10.9. The molecule has 0 nitrogen and oxygen atoms in total. The van der Waals surface area contributed by atoms with Crippen LogP contribution in [0.3, 0.4) is 0 Å². The Balaban J connectivity index is 0. The molecule has 0 atom stereocenters. The Kier molecular flexibility index (Phi) is 12.3. The zero-order chi connectivity index (χ0) is 13.1. The van der Waals surface area contributed by atoms with Crippen molar-refractivity contribution in [2.24, 2.45) is 0 Å². The smallest absolute Gasteiger partial charge is 1.00 e. The maximum absolute atomic E-state index is 2.36. The SMILES string of the molecule is CCCCCCc1ccc(C)c2[cH-]c(C)c(C)c12.[Cl-].[Cl-].[Zr+3]. The summed E-state index contributed by atoms with van der Waals surface area (Å²) in [5.74, 6) is 0. The van der Waals surface area contributed by atoms with Crippen LogP contribution in [0.1, 0.15) is 54.9 Å². The van der Waals surface area contributed by atoms with Gasteiger partial charge in [0.1, 0.15) is 0 Å². The molecule has 0 N–H and O–H groups in total. The van der Waals surface area contributed by atoms with Crippen molar-refractivity contribution >= 4 is 10.8 Å². The van der Waals surface area contributed by atoms with Gasteiger partial charge in [-0.25, -0.2) is 0 Å². The largest absolute Gasteiger partial charge is 3.00 e. The Morgan fingerprint density at radius 2 is 1.62 bits per heavy atom. The van der Waals surface area contributed by atoms with Crippen molar-refractivity contribution in [1.82, 2.24) is 0 Å². The summed E-state index contributed by atoms with van der Waals surface area (Å²) in [5, 5.41) is 3.00. The average Bonchev–Trinajstić information content (AvgIpc) is 2.66. The molecular formula is C18H25Cl2Zr. The van der Waals surface area contributed by atoms with Crippen molar-refractivity contribution < 1.29 is 51.0 Å². The quantitative estimate of drug-likeness (QED) is 0.471. The van der Waals surface area contributed by atoms with Crippen LogP contribution in [0.2, 0.25) is 0 Å². The van der Waals surface area contributed by atoms with Gasteiger partial charge in [0.05, 0.1) is 0 Å². The van der Waals surface area contributed by atoms with Crippen LogP contribution >= 0.6 is 0 Å². The van der Waals surface area contributed by atoms with E-state index in [4.69, 9.17) is 0 Å². The molecule has 2 aromatic carbocycles. The molecule has 0 fully saturated rings. The Hall–Kier alpha value is 0.293. The molecule has 3 heteroatoms. The van der Waals surface area contributed by atoms with Crippen LogP contribution in [0.5, 0.6) is 0 Å². The number of rotatable bonds is 5. The van der Waals surface area contributed by atoms with E-state index in [0.29, 0.717) is 0 Å². The molecule has 0 amide bonds. The van der Waals surface area contributed by atoms with Gasteiger partial charge in [0, 0.05) is 0 Å². The Bertz CT molecular complexity index is 544. The molecule has 0 heterocycles. The van der Waals surface area contributed by atoms with Crippen molar-refractivity contribution in [2.45, 2.75) is 59.8 Å². The van der Waals surface area contributed by atoms with Crippen LogP contribution in [0.25, 0.3) is 10.8 Å². The average molecular weight is 404 g/mol. The molecule has 115 valence electrons. The fourth-order valence-electron chi connectivity index (χ4n) is 2.87. The van der Waals surface area contributed by atoms with E-state index in [2.05, 4.69) is 45.9 Å². The molecule has 21 heavy (non-hydrogen) atoms. The van der Waals surface area contributed by atoms with Gasteiger partial charge in [-0.15, -0.1) is 34.0 Å². The van der Waals surface area contributed by atoms with Crippen LogP contribution in [0.4, 0.5) is 0 Å². The van der Waals surface area contributed by atoms with E-state index in [1.54, 1.807) is 5.56 Å². The van der Waals surface area contributed by atoms with Gasteiger partial charge >= 0.3 is 26.2 Å². The molecular weight excluding hydrogens is 378 g/mol. The number of hydrogen-bond acceptors (Lipinski definition) is 0. The van der Waals surface area contributed by atoms with Crippen molar-refractivity contribution in [3.63, 3.8) is 0 Å². The van der Waals surface area contributed by atoms with Crippen molar-refractivity contribution in [1.29, 1.82) is 0 Å². The predicted octanol–water partition coefficient (Wildman–Crippen LogP) is -0.388. The molecule has 0 unspecified atom stereocenters. The summed E-state index contributed by atoms with van der Waals surface area (Å²) in [5.41, 5.74) is 5.89. The first-order chi connectivity index (χ1) is 8.65. The summed E-state index contributed by atoms with van der Waals surface area (Å²) in [6, 6.07) is 6.99. The molecule has 0 saturated carbocycles. The number of aryl methyl sites for hydroxylation is 4. The third kappa shape index (κ3) is 5.45. The first-order valence-corrected chi connectivity index (χ1v) is 7.30. The van der Waals surface area contributed by atoms with Crippen molar-refractivity contribution in [3.05, 3.63) is 40.5 Å². The first-order valence-electron chi connectivity index (χ1n) is 7.30. The van der Waals surface area contributed by atoms with E-state index in [9.17, 15) is 0 Å². The summed E-state index contributed by atoms with van der Waals surface area (Å²) in [7, 11) is 0. The van der Waals surface area contributed by atoms with Gasteiger partial charge in [0.25, 0.3) is 0 Å². The fourth-order valence-corrected chi connectivity index (χ4v) is 2.87. The maximum atomic E-state index is 2.36. The summed E-state index contributed by atoms with van der Waals surface area (Å²) in [4.78, 5) is 0. The molecule has 0 saturated heterocycles. The van der Waals surface area contributed by atoms with Crippen LogP contribution < -0.4 is 24.8 Å². The van der Waals surface area contributed by atoms with E-state index in [1.165, 1.54) is 59.6 Å². The third-order valence-corrected chi connectivity index (χ3v) is 4.18. The second-order valence-electron chi connectivity index (χ2n) is 5.59. The maximum Gasteiger partial charge on any atom is 3.00 e. The normalized spacial score (nSPS) is 9.71. The van der Waals surface area contributed by atoms with Crippen LogP contribution in [-0.4, -0.2) is 0 Å². The summed E-state index contributed by atoms with van der Waals surface area (Å²) >= 11 is 0. The number of benzene rings is 1. The minimum atomic E-state index is 0. The summed E-state index contributed by atoms with van der Waals surface area (Å²) in [6.45, 7) is 9.00. The summed E-state index contributed by atoms with van der Waals surface area (Å²) in [6.07, 6.45) is 6.62. The van der Waals surface area contributed by atoms with Gasteiger partial charge in [0.15, 0.2) is 0 Å². The molecule has 0 spiro atoms. The third-order valence-electron chi connectivity index (χ3n) is 4.18. The molecule has 0 aliphatic heterocycles. The number of unbranched alkanes of at least 4 members (excludes halogenated alkanes) is 3. The number of fused-ring (bicyclic) bond motifs is 1. The predicted molar refractivity (Wildman–Crippen MR) is 81.6 cm³/mol. The van der Waals surface area contributed by atoms with Crippen molar-refractivity contribution in [2.75, 3.05) is 0 Å². The zero-order valence-corrected chi connectivity index (χ0v) is 17.5. The Morgan fingerprint density at radius 1 is 0.952 bits per heavy atom. The van der Waals surface area contributed by atoms with Gasteiger partial charge in [-0.1, -0.05) is 65.0 Å². The van der Waals surface area contributed by atoms with E-state index < -0.39 is 0 Å². The van der Waals surface area contributed by atoms with Crippen LogP contribution in [0, 0.1) is 20.8 Å². The van der Waals surface area contributed by atoms with Gasteiger partial charge in [0.2, 0.25) is 0 Å². The van der Waals surface area contributed by atoms with Crippen molar-refractivity contribution in [3.8, 4) is 0 Å². The van der Waals surface area contributed by atoms with E-state index in [1.807, 2.05) is 0 Å². The van der Waals surface area contributed by atoms with E-state index >= 15 is 0 Å². The Labute approximate surface area is 161 Å². The minimum absolute atomic E-state index is 0. The monoisotopic (exact) mass is 401 g/mol. The Morgan fingerprint density at radius 3 is 2.24 bits per heavy atom. The van der Waals surface area contributed by atoms with Crippen LogP contribution in [-0.2, 0) is 32.6 Å². The minimum Gasteiger partial charge on any atom is -1.00 e. The molecule has 0 aliphatic rings. The zero-order valence-electron chi connectivity index (χ0n) is 13.5. The number of halogens is 2. The molecule has 2 rings (SSSR count). The molecule has 2 aromatic rings. The fraction of sp³-hybridized carbons (Fsp3) is 0.500. The first kappa shape index (κ1) is 23.6. The van der Waals surface area contributed by atoms with Gasteiger partial charge in [-0.2, -0.15) is 5.56 Å². The second-order valence-corrected chi connectivity index (χ2v) is 5.59. The summed E-state index contributed by atoms with van der Waals surface area (Å²) < 4.78 is 0. The van der Waals surface area contributed by atoms with E-state index in [-0.39, 0.29) is 51.0 Å². The van der Waals surface area contributed by atoms with Gasteiger partial charge in [-0.05, 0) is 6.42 Å². The van der Waals surface area contributed by atoms with Gasteiger partial charge < -0.3 is 24.8 Å². The standard InChI is InChI=1S/C18H25.2ClH.Zr/c1-5-6-7-8-9-16-11-10-13(2)17-12-14(3)15(4)18(16)17;;;/h10-12H,5-9H2,1-4H3;2*1H;/q-1;;;+3/p-2. The molecule has 0 aliphatic carbocycles. The molecule has 0 bridgehead atoms. The molecule has 0 aromatic heterocycles. The van der Waals surface area contributed by atoms with Gasteiger partial charge in [-0.3, -0.25) is 0 Å². The van der Waals surface area contributed by atoms with Crippen LogP contribution in [0.15, 0.2) is 18.2 Å². The topological polar surface area (TPSA) is 0 Å². The van der Waals surface area contributed by atoms with E-state index in [0.717, 1.165) is 0 Å².